The lowest BCUT2D eigenvalue weighted by Gasteiger charge is -2.16. The SMILES string of the molecule is CC(C)CNC(=O)C(C)Nc1nccc2ccc(O)cc12. The van der Waals surface area contributed by atoms with Gasteiger partial charge in [-0.1, -0.05) is 19.9 Å². The summed E-state index contributed by atoms with van der Waals surface area (Å²) in [6, 6.07) is 6.56. The van der Waals surface area contributed by atoms with Crippen molar-refractivity contribution < 1.29 is 9.90 Å². The number of phenolic OH excluding ortho intramolecular Hbond substituents is 1. The van der Waals surface area contributed by atoms with Crippen molar-refractivity contribution in [3.63, 3.8) is 0 Å². The van der Waals surface area contributed by atoms with Crippen LogP contribution in [0.5, 0.6) is 5.75 Å². The van der Waals surface area contributed by atoms with Crippen LogP contribution in [0.15, 0.2) is 30.5 Å². The number of anilines is 1. The highest BCUT2D eigenvalue weighted by atomic mass is 16.3. The molecule has 1 heterocycles. The lowest BCUT2D eigenvalue weighted by molar-refractivity contribution is -0.121. The Morgan fingerprint density at radius 3 is 2.76 bits per heavy atom. The van der Waals surface area contributed by atoms with E-state index in [2.05, 4.69) is 15.6 Å². The highest BCUT2D eigenvalue weighted by molar-refractivity contribution is 5.94. The van der Waals surface area contributed by atoms with Crippen molar-refractivity contribution in [3.05, 3.63) is 30.5 Å². The van der Waals surface area contributed by atoms with Gasteiger partial charge in [-0.2, -0.15) is 0 Å². The van der Waals surface area contributed by atoms with Crippen molar-refractivity contribution in [2.24, 2.45) is 5.92 Å². The summed E-state index contributed by atoms with van der Waals surface area (Å²) >= 11 is 0. The Labute approximate surface area is 124 Å². The third-order valence-corrected chi connectivity index (χ3v) is 3.18. The van der Waals surface area contributed by atoms with Crippen LogP contribution < -0.4 is 10.6 Å². The summed E-state index contributed by atoms with van der Waals surface area (Å²) in [6.45, 7) is 6.54. The molecule has 1 atom stereocenters. The summed E-state index contributed by atoms with van der Waals surface area (Å²) < 4.78 is 0. The number of pyridine rings is 1. The monoisotopic (exact) mass is 287 g/mol. The molecule has 0 bridgehead atoms. The number of benzene rings is 1. The Morgan fingerprint density at radius 2 is 2.05 bits per heavy atom. The number of carbonyl (C=O) groups excluding carboxylic acids is 1. The second-order valence-corrected chi connectivity index (χ2v) is 5.57. The molecule has 0 radical (unpaired) electrons. The molecule has 1 aromatic carbocycles. The first-order chi connectivity index (χ1) is 9.97. The minimum atomic E-state index is -0.399. The molecule has 0 saturated carbocycles. The molecule has 0 aliphatic rings. The largest absolute Gasteiger partial charge is 0.508 e. The molecule has 5 nitrogen and oxygen atoms in total. The smallest absolute Gasteiger partial charge is 0.242 e. The van der Waals surface area contributed by atoms with Crippen molar-refractivity contribution in [3.8, 4) is 5.75 Å². The summed E-state index contributed by atoms with van der Waals surface area (Å²) in [7, 11) is 0. The Bertz CT molecular complexity index is 640. The molecule has 2 aromatic rings. The molecule has 5 heteroatoms. The second kappa shape index (κ2) is 6.43. The molecule has 0 spiro atoms. The van der Waals surface area contributed by atoms with E-state index in [1.807, 2.05) is 26.0 Å². The van der Waals surface area contributed by atoms with Gasteiger partial charge in [0, 0.05) is 18.1 Å². The summed E-state index contributed by atoms with van der Waals surface area (Å²) in [4.78, 5) is 16.3. The van der Waals surface area contributed by atoms with Gasteiger partial charge in [-0.15, -0.1) is 0 Å². The topological polar surface area (TPSA) is 74.2 Å². The predicted molar refractivity (Wildman–Crippen MR) is 84.3 cm³/mol. The number of rotatable bonds is 5. The molecular weight excluding hydrogens is 266 g/mol. The predicted octanol–water partition coefficient (Wildman–Crippen LogP) is 2.51. The lowest BCUT2D eigenvalue weighted by atomic mass is 10.1. The Hall–Kier alpha value is -2.30. The van der Waals surface area contributed by atoms with Crippen LogP contribution in [0.2, 0.25) is 0 Å². The minimum absolute atomic E-state index is 0.0670. The maximum absolute atomic E-state index is 12.0. The van der Waals surface area contributed by atoms with Crippen LogP contribution in [0.1, 0.15) is 20.8 Å². The van der Waals surface area contributed by atoms with Gasteiger partial charge in [-0.05, 0) is 36.4 Å². The number of carbonyl (C=O) groups is 1. The van der Waals surface area contributed by atoms with E-state index in [-0.39, 0.29) is 11.7 Å². The summed E-state index contributed by atoms with van der Waals surface area (Å²) in [5.41, 5.74) is 0. The van der Waals surface area contributed by atoms with Crippen LogP contribution in [-0.2, 0) is 4.79 Å². The maximum Gasteiger partial charge on any atom is 0.242 e. The van der Waals surface area contributed by atoms with E-state index in [1.165, 1.54) is 0 Å². The van der Waals surface area contributed by atoms with Gasteiger partial charge in [-0.25, -0.2) is 4.98 Å². The molecule has 3 N–H and O–H groups in total. The highest BCUT2D eigenvalue weighted by Gasteiger charge is 2.14. The number of aromatic nitrogens is 1. The van der Waals surface area contributed by atoms with Crippen LogP contribution in [0, 0.1) is 5.92 Å². The zero-order chi connectivity index (χ0) is 15.4. The number of nitrogens with zero attached hydrogens (tertiary/aromatic N) is 1. The number of amides is 1. The van der Waals surface area contributed by atoms with E-state index in [0.717, 1.165) is 10.8 Å². The molecule has 112 valence electrons. The van der Waals surface area contributed by atoms with Gasteiger partial charge in [0.05, 0.1) is 0 Å². The third-order valence-electron chi connectivity index (χ3n) is 3.18. The molecule has 0 aliphatic heterocycles. The fourth-order valence-corrected chi connectivity index (χ4v) is 2.00. The van der Waals surface area contributed by atoms with Crippen LogP contribution in [0.3, 0.4) is 0 Å². The van der Waals surface area contributed by atoms with E-state index in [9.17, 15) is 9.90 Å². The quantitative estimate of drug-likeness (QED) is 0.790. The van der Waals surface area contributed by atoms with E-state index >= 15 is 0 Å². The first kappa shape index (κ1) is 15.1. The summed E-state index contributed by atoms with van der Waals surface area (Å²) in [5.74, 6) is 1.11. The van der Waals surface area contributed by atoms with Gasteiger partial charge in [-0.3, -0.25) is 4.79 Å². The van der Waals surface area contributed by atoms with Crippen LogP contribution >= 0.6 is 0 Å². The lowest BCUT2D eigenvalue weighted by Crippen LogP contribution is -2.39. The van der Waals surface area contributed by atoms with Gasteiger partial charge < -0.3 is 15.7 Å². The van der Waals surface area contributed by atoms with Crippen molar-refractivity contribution in [2.45, 2.75) is 26.8 Å². The van der Waals surface area contributed by atoms with Crippen molar-refractivity contribution in [2.75, 3.05) is 11.9 Å². The van der Waals surface area contributed by atoms with Gasteiger partial charge in [0.1, 0.15) is 17.6 Å². The molecule has 0 fully saturated rings. The molecule has 0 aliphatic carbocycles. The molecular formula is C16H21N3O2. The zero-order valence-corrected chi connectivity index (χ0v) is 12.6. The minimum Gasteiger partial charge on any atom is -0.508 e. The fourth-order valence-electron chi connectivity index (χ4n) is 2.00. The van der Waals surface area contributed by atoms with E-state index < -0.39 is 6.04 Å². The Balaban J connectivity index is 2.15. The number of phenols is 1. The number of hydrogen-bond acceptors (Lipinski definition) is 4. The number of fused-ring (bicyclic) bond motifs is 1. The average molecular weight is 287 g/mol. The molecule has 21 heavy (non-hydrogen) atoms. The van der Waals surface area contributed by atoms with Crippen molar-refractivity contribution in [1.82, 2.24) is 10.3 Å². The van der Waals surface area contributed by atoms with Crippen molar-refractivity contribution in [1.29, 1.82) is 0 Å². The van der Waals surface area contributed by atoms with E-state index in [0.29, 0.717) is 18.3 Å². The molecule has 0 saturated heterocycles. The van der Waals surface area contributed by atoms with Gasteiger partial charge in [0.15, 0.2) is 0 Å². The third kappa shape index (κ3) is 3.84. The van der Waals surface area contributed by atoms with Gasteiger partial charge in [0.25, 0.3) is 0 Å². The number of hydrogen-bond donors (Lipinski definition) is 3. The molecule has 2 rings (SSSR count). The Kier molecular flexibility index (Phi) is 4.62. The zero-order valence-electron chi connectivity index (χ0n) is 12.6. The number of aromatic hydroxyl groups is 1. The van der Waals surface area contributed by atoms with E-state index in [1.54, 1.807) is 25.3 Å². The summed E-state index contributed by atoms with van der Waals surface area (Å²) in [6.07, 6.45) is 1.68. The maximum atomic E-state index is 12.0. The Morgan fingerprint density at radius 1 is 1.29 bits per heavy atom. The van der Waals surface area contributed by atoms with Gasteiger partial charge in [0.2, 0.25) is 5.91 Å². The average Bonchev–Trinajstić information content (AvgIpc) is 2.45. The van der Waals surface area contributed by atoms with Crippen LogP contribution in [0.4, 0.5) is 5.82 Å². The first-order valence-corrected chi connectivity index (χ1v) is 7.09. The normalized spacial score (nSPS) is 12.4. The molecule has 1 aromatic heterocycles. The second-order valence-electron chi connectivity index (χ2n) is 5.57. The van der Waals surface area contributed by atoms with E-state index in [4.69, 9.17) is 0 Å². The van der Waals surface area contributed by atoms with Crippen LogP contribution in [0.25, 0.3) is 10.8 Å². The highest BCUT2D eigenvalue weighted by Crippen LogP contribution is 2.25. The van der Waals surface area contributed by atoms with Crippen LogP contribution in [-0.4, -0.2) is 28.6 Å². The fraction of sp³-hybridized carbons (Fsp3) is 0.375. The first-order valence-electron chi connectivity index (χ1n) is 7.09. The number of nitrogens with one attached hydrogen (secondary N) is 2. The molecule has 1 unspecified atom stereocenters. The molecule has 1 amide bonds. The summed E-state index contributed by atoms with van der Waals surface area (Å²) in [5, 5.41) is 17.3. The van der Waals surface area contributed by atoms with Crippen molar-refractivity contribution >= 4 is 22.5 Å². The standard InChI is InChI=1S/C16H21N3O2/c1-10(2)9-18-16(21)11(3)19-15-14-8-13(20)5-4-12(14)6-7-17-15/h4-8,10-11,20H,9H2,1-3H3,(H,17,19)(H,18,21). The van der Waals surface area contributed by atoms with Gasteiger partial charge >= 0.3 is 0 Å².